The second kappa shape index (κ2) is 9.51. The van der Waals surface area contributed by atoms with Crippen LogP contribution >= 0.6 is 0 Å². The van der Waals surface area contributed by atoms with Crippen LogP contribution in [0.3, 0.4) is 0 Å². The number of hydrogen-bond acceptors (Lipinski definition) is 6. The van der Waals surface area contributed by atoms with E-state index in [1.165, 1.54) is 7.05 Å². The maximum Gasteiger partial charge on any atom is 0.414 e. The molecule has 0 unspecified atom stereocenters. The molecule has 2 fully saturated rings. The van der Waals surface area contributed by atoms with Crippen molar-refractivity contribution in [1.29, 1.82) is 0 Å². The van der Waals surface area contributed by atoms with Crippen LogP contribution in [0.25, 0.3) is 0 Å². The zero-order chi connectivity index (χ0) is 19.4. The van der Waals surface area contributed by atoms with Crippen LogP contribution in [0.1, 0.15) is 7.43 Å². The summed E-state index contributed by atoms with van der Waals surface area (Å²) in [6.45, 7) is 1.60. The fourth-order valence-corrected chi connectivity index (χ4v) is 2.96. The number of carbonyl (C=O) groups is 2. The SMILES string of the molecule is C.CNC(=O)NC[C@H]1CN(c2cc(F)c(N3CCNOCC3)c(F)c2)C(=O)O1. The van der Waals surface area contributed by atoms with Crippen LogP contribution < -0.4 is 25.9 Å². The maximum atomic E-state index is 14.6. The van der Waals surface area contributed by atoms with Crippen molar-refractivity contribution in [2.45, 2.75) is 13.5 Å². The van der Waals surface area contributed by atoms with E-state index in [-0.39, 0.29) is 31.9 Å². The lowest BCUT2D eigenvalue weighted by Crippen LogP contribution is -2.39. The average molecular weight is 401 g/mol. The molecule has 3 rings (SSSR count). The lowest BCUT2D eigenvalue weighted by molar-refractivity contribution is 0.0589. The molecule has 0 bridgehead atoms. The van der Waals surface area contributed by atoms with Crippen molar-refractivity contribution in [1.82, 2.24) is 16.1 Å². The zero-order valence-electron chi connectivity index (χ0n) is 14.8. The standard InChI is InChI=1S/C16H21F2N5O4.CH4/c1-19-15(24)20-8-11-9-23(16(25)27-11)10-6-12(17)14(13(18)7-10)22-3-2-21-26-5-4-22;/h6-7,11,21H,2-5,8-9H2,1H3,(H2,19,20,24);1H4/t11-;/m0./s1. The highest BCUT2D eigenvalue weighted by molar-refractivity contribution is 5.90. The number of amides is 3. The Labute approximate surface area is 161 Å². The molecule has 0 aliphatic carbocycles. The number of benzene rings is 1. The molecule has 0 spiro atoms. The number of anilines is 2. The molecule has 156 valence electrons. The first kappa shape index (κ1) is 21.6. The minimum atomic E-state index is -0.772. The van der Waals surface area contributed by atoms with Gasteiger partial charge in [-0.15, -0.1) is 0 Å². The van der Waals surface area contributed by atoms with Crippen molar-refractivity contribution in [3.05, 3.63) is 23.8 Å². The number of nitrogens with zero attached hydrogens (tertiary/aromatic N) is 2. The van der Waals surface area contributed by atoms with Gasteiger partial charge in [0.05, 0.1) is 25.4 Å². The fraction of sp³-hybridized carbons (Fsp3) is 0.529. The zero-order valence-corrected chi connectivity index (χ0v) is 14.8. The third-order valence-corrected chi connectivity index (χ3v) is 4.27. The molecule has 2 heterocycles. The summed E-state index contributed by atoms with van der Waals surface area (Å²) in [7, 11) is 1.46. The van der Waals surface area contributed by atoms with E-state index in [2.05, 4.69) is 16.1 Å². The van der Waals surface area contributed by atoms with Gasteiger partial charge in [0.15, 0.2) is 11.6 Å². The molecular formula is C17H25F2N5O4. The highest BCUT2D eigenvalue weighted by Crippen LogP contribution is 2.31. The molecule has 1 aromatic rings. The Morgan fingerprint density at radius 2 is 2.04 bits per heavy atom. The lowest BCUT2D eigenvalue weighted by Gasteiger charge is -2.24. The topological polar surface area (TPSA) is 95.2 Å². The summed E-state index contributed by atoms with van der Waals surface area (Å²) in [5.74, 6) is -1.54. The number of cyclic esters (lactones) is 1. The number of rotatable bonds is 4. The highest BCUT2D eigenvalue weighted by Gasteiger charge is 2.34. The first-order valence-corrected chi connectivity index (χ1v) is 8.52. The molecule has 28 heavy (non-hydrogen) atoms. The number of halogens is 2. The first-order chi connectivity index (χ1) is 13.0. The monoisotopic (exact) mass is 401 g/mol. The maximum absolute atomic E-state index is 14.6. The molecular weight excluding hydrogens is 376 g/mol. The van der Waals surface area contributed by atoms with Crippen molar-refractivity contribution in [2.75, 3.05) is 56.2 Å². The number of ether oxygens (including phenoxy) is 1. The van der Waals surface area contributed by atoms with Gasteiger partial charge in [-0.25, -0.2) is 23.9 Å². The molecule has 9 nitrogen and oxygen atoms in total. The Bertz CT molecular complexity index is 690. The number of nitrogens with one attached hydrogen (secondary N) is 3. The summed E-state index contributed by atoms with van der Waals surface area (Å²) in [6, 6.07) is 1.79. The quantitative estimate of drug-likeness (QED) is 0.702. The van der Waals surface area contributed by atoms with Crippen LogP contribution in [-0.2, 0) is 9.57 Å². The van der Waals surface area contributed by atoms with Gasteiger partial charge in [0.25, 0.3) is 0 Å². The number of carbonyl (C=O) groups excluding carboxylic acids is 2. The number of hydrogen-bond donors (Lipinski definition) is 3. The summed E-state index contributed by atoms with van der Waals surface area (Å²) in [5, 5.41) is 4.90. The smallest absolute Gasteiger partial charge is 0.414 e. The van der Waals surface area contributed by atoms with Gasteiger partial charge in [-0.3, -0.25) is 9.74 Å². The van der Waals surface area contributed by atoms with Crippen LogP contribution in [0.5, 0.6) is 0 Å². The number of hydroxylamine groups is 1. The van der Waals surface area contributed by atoms with E-state index in [0.717, 1.165) is 17.0 Å². The average Bonchev–Trinajstić information content (AvgIpc) is 2.82. The molecule has 0 aromatic heterocycles. The first-order valence-electron chi connectivity index (χ1n) is 8.52. The second-order valence-electron chi connectivity index (χ2n) is 6.06. The third kappa shape index (κ3) is 4.78. The Hall–Kier alpha value is -2.66. The van der Waals surface area contributed by atoms with E-state index < -0.39 is 29.9 Å². The molecule has 2 saturated heterocycles. The molecule has 2 aliphatic rings. The van der Waals surface area contributed by atoms with Gasteiger partial charge in [-0.1, -0.05) is 7.43 Å². The Kier molecular flexibility index (Phi) is 7.35. The Balaban J connectivity index is 0.00000280. The third-order valence-electron chi connectivity index (χ3n) is 4.27. The van der Waals surface area contributed by atoms with Crippen molar-refractivity contribution < 1.29 is 27.9 Å². The molecule has 0 saturated carbocycles. The minimum Gasteiger partial charge on any atom is -0.442 e. The van der Waals surface area contributed by atoms with E-state index in [9.17, 15) is 18.4 Å². The van der Waals surface area contributed by atoms with Crippen LogP contribution in [0.2, 0.25) is 0 Å². The Morgan fingerprint density at radius 1 is 1.32 bits per heavy atom. The summed E-state index contributed by atoms with van der Waals surface area (Å²) < 4.78 is 34.4. The lowest BCUT2D eigenvalue weighted by atomic mass is 10.2. The summed E-state index contributed by atoms with van der Waals surface area (Å²) >= 11 is 0. The number of urea groups is 1. The van der Waals surface area contributed by atoms with Gasteiger partial charge >= 0.3 is 12.1 Å². The van der Waals surface area contributed by atoms with Crippen molar-refractivity contribution in [2.24, 2.45) is 0 Å². The van der Waals surface area contributed by atoms with Gasteiger partial charge in [-0.05, 0) is 0 Å². The van der Waals surface area contributed by atoms with E-state index in [1.54, 1.807) is 4.90 Å². The van der Waals surface area contributed by atoms with Gasteiger partial charge in [0, 0.05) is 38.8 Å². The largest absolute Gasteiger partial charge is 0.442 e. The molecule has 3 amide bonds. The highest BCUT2D eigenvalue weighted by atomic mass is 19.1. The fourth-order valence-electron chi connectivity index (χ4n) is 2.96. The van der Waals surface area contributed by atoms with Gasteiger partial charge < -0.3 is 20.3 Å². The molecule has 1 atom stereocenters. The van der Waals surface area contributed by atoms with Gasteiger partial charge in [-0.2, -0.15) is 0 Å². The van der Waals surface area contributed by atoms with Crippen molar-refractivity contribution in [3.63, 3.8) is 0 Å². The van der Waals surface area contributed by atoms with E-state index in [0.29, 0.717) is 26.2 Å². The van der Waals surface area contributed by atoms with Crippen LogP contribution in [0.15, 0.2) is 12.1 Å². The van der Waals surface area contributed by atoms with Crippen molar-refractivity contribution >= 4 is 23.5 Å². The predicted molar refractivity (Wildman–Crippen MR) is 99.3 cm³/mol. The van der Waals surface area contributed by atoms with E-state index in [1.807, 2.05) is 0 Å². The summed E-state index contributed by atoms with van der Waals surface area (Å²) in [5.41, 5.74) is 2.59. The minimum absolute atomic E-state index is 0. The van der Waals surface area contributed by atoms with Crippen molar-refractivity contribution in [3.8, 4) is 0 Å². The predicted octanol–water partition coefficient (Wildman–Crippen LogP) is 1.20. The second-order valence-corrected chi connectivity index (χ2v) is 6.06. The Morgan fingerprint density at radius 3 is 2.71 bits per heavy atom. The molecule has 11 heteroatoms. The summed E-state index contributed by atoms with van der Waals surface area (Å²) in [4.78, 5) is 31.0. The van der Waals surface area contributed by atoms with Crippen LogP contribution in [0, 0.1) is 11.6 Å². The molecule has 3 N–H and O–H groups in total. The molecule has 1 aromatic carbocycles. The van der Waals surface area contributed by atoms with E-state index >= 15 is 0 Å². The summed E-state index contributed by atoms with van der Waals surface area (Å²) in [6.07, 6.45) is -1.34. The van der Waals surface area contributed by atoms with E-state index in [4.69, 9.17) is 9.57 Å². The van der Waals surface area contributed by atoms with Crippen LogP contribution in [0.4, 0.5) is 29.7 Å². The van der Waals surface area contributed by atoms with Crippen LogP contribution in [-0.4, -0.2) is 64.6 Å². The van der Waals surface area contributed by atoms with Gasteiger partial charge in [0.2, 0.25) is 0 Å². The van der Waals surface area contributed by atoms with Gasteiger partial charge in [0.1, 0.15) is 11.8 Å². The molecule has 0 radical (unpaired) electrons. The molecule has 2 aliphatic heterocycles. The normalized spacial score (nSPS) is 19.5.